The van der Waals surface area contributed by atoms with Crippen LogP contribution in [0.1, 0.15) is 50.7 Å². The average molecular weight is 317 g/mol. The number of rotatable bonds is 4. The number of hydrogen-bond donors (Lipinski definition) is 0. The van der Waals surface area contributed by atoms with Gasteiger partial charge in [0.1, 0.15) is 12.7 Å². The van der Waals surface area contributed by atoms with E-state index in [2.05, 4.69) is 71.3 Å². The summed E-state index contributed by atoms with van der Waals surface area (Å²) in [6.45, 7) is 6.59. The molecule has 0 spiro atoms. The number of aromatic nitrogens is 3. The van der Waals surface area contributed by atoms with Crippen molar-refractivity contribution in [1.29, 1.82) is 0 Å². The molecule has 2 aromatic rings. The standard InChI is InChI=1S/C21H23N3/c1-4-6-7-8-18-16(5-2)11-15(3)20-12-17(9-10-19(18)20)21-23-13-22-14-24-21/h4,6-10,12-15H,5,11H2,1-3H3/b6-4-,8-7-/t15-/m1/s1. The molecule has 3 nitrogen and oxygen atoms in total. The van der Waals surface area contributed by atoms with Crippen LogP contribution in [0.5, 0.6) is 0 Å². The molecule has 0 saturated carbocycles. The Morgan fingerprint density at radius 3 is 2.67 bits per heavy atom. The van der Waals surface area contributed by atoms with Crippen LogP contribution in [0.15, 0.2) is 60.7 Å². The minimum absolute atomic E-state index is 0.510. The van der Waals surface area contributed by atoms with Gasteiger partial charge >= 0.3 is 0 Å². The first kappa shape index (κ1) is 16.3. The highest BCUT2D eigenvalue weighted by atomic mass is 15.0. The van der Waals surface area contributed by atoms with Crippen molar-refractivity contribution in [3.05, 3.63) is 71.9 Å². The number of hydrogen-bond acceptors (Lipinski definition) is 3. The topological polar surface area (TPSA) is 38.7 Å². The van der Waals surface area contributed by atoms with E-state index in [1.54, 1.807) is 12.7 Å². The lowest BCUT2D eigenvalue weighted by molar-refractivity contribution is 0.719. The molecule has 0 N–H and O–H groups in total. The Morgan fingerprint density at radius 2 is 1.96 bits per heavy atom. The highest BCUT2D eigenvalue weighted by molar-refractivity contribution is 5.82. The van der Waals surface area contributed by atoms with Crippen molar-refractivity contribution in [2.75, 3.05) is 0 Å². The Bertz CT molecular complexity index is 801. The van der Waals surface area contributed by atoms with Gasteiger partial charge in [-0.25, -0.2) is 15.0 Å². The molecular formula is C21H23N3. The monoisotopic (exact) mass is 317 g/mol. The molecule has 0 unspecified atom stereocenters. The van der Waals surface area contributed by atoms with Crippen molar-refractivity contribution in [1.82, 2.24) is 15.0 Å². The molecular weight excluding hydrogens is 294 g/mol. The highest BCUT2D eigenvalue weighted by Gasteiger charge is 2.22. The maximum Gasteiger partial charge on any atom is 0.162 e. The minimum Gasteiger partial charge on any atom is -0.225 e. The molecule has 0 aliphatic heterocycles. The summed E-state index contributed by atoms with van der Waals surface area (Å²) >= 11 is 0. The molecule has 3 heteroatoms. The lowest BCUT2D eigenvalue weighted by Crippen LogP contribution is -2.08. The maximum atomic E-state index is 4.28. The van der Waals surface area contributed by atoms with Crippen molar-refractivity contribution in [2.24, 2.45) is 0 Å². The smallest absolute Gasteiger partial charge is 0.162 e. The first-order chi connectivity index (χ1) is 11.7. The number of fused-ring (bicyclic) bond motifs is 1. The minimum atomic E-state index is 0.510. The maximum absolute atomic E-state index is 4.28. The van der Waals surface area contributed by atoms with Gasteiger partial charge in [-0.1, -0.05) is 55.9 Å². The molecule has 24 heavy (non-hydrogen) atoms. The van der Waals surface area contributed by atoms with Crippen LogP contribution in [0.3, 0.4) is 0 Å². The van der Waals surface area contributed by atoms with Crippen LogP contribution in [0.25, 0.3) is 17.0 Å². The Kier molecular flexibility index (Phi) is 4.99. The van der Waals surface area contributed by atoms with Gasteiger partial charge in [0.05, 0.1) is 0 Å². The lowest BCUT2D eigenvalue weighted by atomic mass is 9.78. The van der Waals surface area contributed by atoms with Crippen LogP contribution < -0.4 is 0 Å². The van der Waals surface area contributed by atoms with Gasteiger partial charge in [-0.15, -0.1) is 0 Å². The second-order valence-electron chi connectivity index (χ2n) is 6.12. The summed E-state index contributed by atoms with van der Waals surface area (Å²) in [6.07, 6.45) is 13.8. The van der Waals surface area contributed by atoms with Crippen LogP contribution in [0.2, 0.25) is 0 Å². The van der Waals surface area contributed by atoms with E-state index in [1.165, 1.54) is 22.3 Å². The Hall–Kier alpha value is -2.55. The van der Waals surface area contributed by atoms with Gasteiger partial charge in [0.15, 0.2) is 5.82 Å². The van der Waals surface area contributed by atoms with E-state index in [9.17, 15) is 0 Å². The third kappa shape index (κ3) is 3.21. The summed E-state index contributed by atoms with van der Waals surface area (Å²) < 4.78 is 0. The Labute approximate surface area is 143 Å². The van der Waals surface area contributed by atoms with Crippen molar-refractivity contribution in [2.45, 2.75) is 39.5 Å². The van der Waals surface area contributed by atoms with Crippen molar-refractivity contribution >= 4 is 5.57 Å². The summed E-state index contributed by atoms with van der Waals surface area (Å²) in [5.74, 6) is 1.24. The normalized spacial score (nSPS) is 17.7. The van der Waals surface area contributed by atoms with Gasteiger partial charge < -0.3 is 0 Å². The molecule has 1 aliphatic carbocycles. The van der Waals surface area contributed by atoms with Crippen molar-refractivity contribution < 1.29 is 0 Å². The van der Waals surface area contributed by atoms with Gasteiger partial charge in [-0.2, -0.15) is 0 Å². The van der Waals surface area contributed by atoms with Gasteiger partial charge in [-0.05, 0) is 48.4 Å². The first-order valence-electron chi connectivity index (χ1n) is 8.52. The molecule has 1 aromatic heterocycles. The molecule has 0 amide bonds. The summed E-state index contributed by atoms with van der Waals surface area (Å²) in [5.41, 5.74) is 6.67. The molecule has 0 bridgehead atoms. The zero-order chi connectivity index (χ0) is 16.9. The van der Waals surface area contributed by atoms with Crippen LogP contribution in [0.4, 0.5) is 0 Å². The van der Waals surface area contributed by atoms with E-state index in [1.807, 2.05) is 6.92 Å². The average Bonchev–Trinajstić information content (AvgIpc) is 2.64. The molecule has 0 radical (unpaired) electrons. The van der Waals surface area contributed by atoms with Gasteiger partial charge in [0, 0.05) is 5.56 Å². The van der Waals surface area contributed by atoms with E-state index in [4.69, 9.17) is 0 Å². The van der Waals surface area contributed by atoms with E-state index < -0.39 is 0 Å². The van der Waals surface area contributed by atoms with Gasteiger partial charge in [0.25, 0.3) is 0 Å². The fraction of sp³-hybridized carbons (Fsp3) is 0.286. The number of nitrogens with zero attached hydrogens (tertiary/aromatic N) is 3. The van der Waals surface area contributed by atoms with E-state index in [0.717, 1.165) is 24.2 Å². The second kappa shape index (κ2) is 7.35. The largest absolute Gasteiger partial charge is 0.225 e. The van der Waals surface area contributed by atoms with Gasteiger partial charge in [0.2, 0.25) is 0 Å². The summed E-state index contributed by atoms with van der Waals surface area (Å²) in [4.78, 5) is 12.5. The molecule has 1 heterocycles. The van der Waals surface area contributed by atoms with Crippen LogP contribution in [-0.4, -0.2) is 15.0 Å². The molecule has 122 valence electrons. The summed E-state index contributed by atoms with van der Waals surface area (Å²) in [5, 5.41) is 0. The predicted octanol–water partition coefficient (Wildman–Crippen LogP) is 5.34. The predicted molar refractivity (Wildman–Crippen MR) is 99.5 cm³/mol. The molecule has 1 atom stereocenters. The zero-order valence-corrected chi connectivity index (χ0v) is 14.5. The fourth-order valence-corrected chi connectivity index (χ4v) is 3.33. The fourth-order valence-electron chi connectivity index (χ4n) is 3.33. The molecule has 1 aliphatic rings. The van der Waals surface area contributed by atoms with E-state index >= 15 is 0 Å². The Balaban J connectivity index is 2.09. The van der Waals surface area contributed by atoms with Crippen molar-refractivity contribution in [3.8, 4) is 11.4 Å². The quantitative estimate of drug-likeness (QED) is 0.714. The highest BCUT2D eigenvalue weighted by Crippen LogP contribution is 2.41. The summed E-state index contributed by atoms with van der Waals surface area (Å²) in [7, 11) is 0. The second-order valence-corrected chi connectivity index (χ2v) is 6.12. The van der Waals surface area contributed by atoms with E-state index in [-0.39, 0.29) is 0 Å². The SMILES string of the molecule is C/C=C\C=C/C1=C(CC)C[C@@H](C)c2cc(-c3ncncn3)ccc21. The van der Waals surface area contributed by atoms with Crippen molar-refractivity contribution in [3.63, 3.8) is 0 Å². The van der Waals surface area contributed by atoms with Crippen LogP contribution >= 0.6 is 0 Å². The van der Waals surface area contributed by atoms with Crippen LogP contribution in [0, 0.1) is 0 Å². The first-order valence-corrected chi connectivity index (χ1v) is 8.52. The van der Waals surface area contributed by atoms with Gasteiger partial charge in [-0.3, -0.25) is 0 Å². The molecule has 3 rings (SSSR count). The number of allylic oxidation sites excluding steroid dienone is 6. The molecule has 0 fully saturated rings. The number of benzene rings is 1. The third-order valence-electron chi connectivity index (χ3n) is 4.55. The summed E-state index contributed by atoms with van der Waals surface area (Å²) in [6, 6.07) is 6.57. The third-order valence-corrected chi connectivity index (χ3v) is 4.55. The lowest BCUT2D eigenvalue weighted by Gasteiger charge is -2.27. The van der Waals surface area contributed by atoms with Crippen LogP contribution in [-0.2, 0) is 0 Å². The Morgan fingerprint density at radius 1 is 1.17 bits per heavy atom. The molecule has 0 saturated heterocycles. The molecule has 1 aromatic carbocycles. The zero-order valence-electron chi connectivity index (χ0n) is 14.5. The van der Waals surface area contributed by atoms with E-state index in [0.29, 0.717) is 5.92 Å².